The summed E-state index contributed by atoms with van der Waals surface area (Å²) in [4.78, 5) is 3.95. The topological polar surface area (TPSA) is 60.5 Å². The first-order chi connectivity index (χ1) is 15.4. The van der Waals surface area contributed by atoms with Crippen LogP contribution in [0.4, 0.5) is 4.39 Å². The second kappa shape index (κ2) is 9.81. The Kier molecular flexibility index (Phi) is 6.89. The number of halogens is 4. The van der Waals surface area contributed by atoms with Crippen LogP contribution in [0.15, 0.2) is 68.5 Å². The lowest BCUT2D eigenvalue weighted by molar-refractivity contribution is 0.437. The molecule has 0 saturated carbocycles. The minimum Gasteiger partial charge on any atom is -0.453 e. The number of hydrogen-bond acceptors (Lipinski definition) is 5. The van der Waals surface area contributed by atoms with Gasteiger partial charge in [0.25, 0.3) is 0 Å². The predicted octanol–water partition coefficient (Wildman–Crippen LogP) is 7.38. The number of aromatic nitrogens is 2. The highest BCUT2D eigenvalue weighted by Crippen LogP contribution is 2.36. The van der Waals surface area contributed by atoms with Gasteiger partial charge in [-0.25, -0.2) is 4.39 Å². The Morgan fingerprint density at radius 3 is 2.72 bits per heavy atom. The van der Waals surface area contributed by atoms with Gasteiger partial charge in [-0.05, 0) is 57.9 Å². The molecule has 0 atom stereocenters. The summed E-state index contributed by atoms with van der Waals surface area (Å²) in [6.45, 7) is 0. The summed E-state index contributed by atoms with van der Waals surface area (Å²) in [6, 6.07) is 15.5. The largest absolute Gasteiger partial charge is 0.453 e. The third-order valence-corrected chi connectivity index (χ3v) is 5.64. The summed E-state index contributed by atoms with van der Waals surface area (Å²) in [6.07, 6.45) is 1.69. The smallest absolute Gasteiger partial charge is 0.248 e. The van der Waals surface area contributed by atoms with Crippen molar-refractivity contribution in [2.75, 3.05) is 7.05 Å². The van der Waals surface area contributed by atoms with Crippen LogP contribution in [-0.2, 0) is 6.42 Å². The lowest BCUT2D eigenvalue weighted by Crippen LogP contribution is -1.98. The Morgan fingerprint density at radius 2 is 1.94 bits per heavy atom. The van der Waals surface area contributed by atoms with Crippen LogP contribution in [0.1, 0.15) is 17.0 Å². The summed E-state index contributed by atoms with van der Waals surface area (Å²) >= 11 is 15.8. The van der Waals surface area contributed by atoms with Crippen LogP contribution in [0.5, 0.6) is 11.5 Å². The van der Waals surface area contributed by atoms with Crippen molar-refractivity contribution in [3.8, 4) is 23.0 Å². The van der Waals surface area contributed by atoms with Gasteiger partial charge < -0.3 is 9.15 Å². The normalized spacial score (nSPS) is 11.3. The lowest BCUT2D eigenvalue weighted by atomic mass is 10.1. The maximum absolute atomic E-state index is 15.3. The molecule has 4 rings (SSSR count). The van der Waals surface area contributed by atoms with Crippen LogP contribution in [0.3, 0.4) is 0 Å². The molecule has 0 spiro atoms. The fourth-order valence-corrected chi connectivity index (χ4v) is 3.89. The lowest BCUT2D eigenvalue weighted by Gasteiger charge is -2.12. The van der Waals surface area contributed by atoms with E-state index in [0.29, 0.717) is 27.8 Å². The van der Waals surface area contributed by atoms with E-state index in [0.717, 1.165) is 10.0 Å². The molecular formula is C23H15BrCl2FN3O2. The van der Waals surface area contributed by atoms with Crippen molar-refractivity contribution in [1.29, 1.82) is 0 Å². The molecule has 0 amide bonds. The maximum atomic E-state index is 15.3. The van der Waals surface area contributed by atoms with E-state index >= 15 is 4.39 Å². The SMILES string of the molecule is CN=Cc1cc(Cl)cc(Oc2c(Cl)ccc(Cc3nnc(-c4ccccc4Br)o3)c2F)c1. The molecule has 3 aromatic carbocycles. The van der Waals surface area contributed by atoms with E-state index in [1.54, 1.807) is 43.6 Å². The molecule has 0 saturated heterocycles. The fourth-order valence-electron chi connectivity index (χ4n) is 3.02. The summed E-state index contributed by atoms with van der Waals surface area (Å²) in [7, 11) is 1.64. The van der Waals surface area contributed by atoms with E-state index in [-0.39, 0.29) is 23.1 Å². The Bertz CT molecular complexity index is 1310. The summed E-state index contributed by atoms with van der Waals surface area (Å²) < 4.78 is 27.6. The standard InChI is InChI=1S/C23H15BrCl2FN3O2/c1-28-12-13-8-15(25)11-16(9-13)31-22-19(26)7-6-14(21(22)27)10-20-29-30-23(32-20)17-4-2-3-5-18(17)24/h2-9,11-12H,10H2,1H3. The minimum absolute atomic E-state index is 0.0695. The van der Waals surface area contributed by atoms with Crippen molar-refractivity contribution < 1.29 is 13.5 Å². The second-order valence-corrected chi connectivity index (χ2v) is 8.41. The van der Waals surface area contributed by atoms with Crippen molar-refractivity contribution in [3.63, 3.8) is 0 Å². The minimum atomic E-state index is -0.621. The Hall–Kier alpha value is -2.74. The number of hydrogen-bond donors (Lipinski definition) is 0. The second-order valence-electron chi connectivity index (χ2n) is 6.72. The van der Waals surface area contributed by atoms with Crippen LogP contribution in [0.25, 0.3) is 11.5 Å². The zero-order chi connectivity index (χ0) is 22.7. The molecule has 0 radical (unpaired) electrons. The fraction of sp³-hybridized carbons (Fsp3) is 0.0870. The molecule has 0 aliphatic rings. The van der Waals surface area contributed by atoms with E-state index in [1.807, 2.05) is 24.3 Å². The molecular weight excluding hydrogens is 520 g/mol. The van der Waals surface area contributed by atoms with Crippen LogP contribution in [0, 0.1) is 5.82 Å². The molecule has 0 fully saturated rings. The van der Waals surface area contributed by atoms with Crippen LogP contribution in [-0.4, -0.2) is 23.5 Å². The van der Waals surface area contributed by atoms with Gasteiger partial charge in [0, 0.05) is 28.3 Å². The van der Waals surface area contributed by atoms with Gasteiger partial charge in [0.15, 0.2) is 11.6 Å². The molecule has 0 aliphatic heterocycles. The third kappa shape index (κ3) is 5.01. The number of nitrogens with zero attached hydrogens (tertiary/aromatic N) is 3. The average molecular weight is 535 g/mol. The van der Waals surface area contributed by atoms with Crippen LogP contribution in [0.2, 0.25) is 10.0 Å². The molecule has 0 N–H and O–H groups in total. The van der Waals surface area contributed by atoms with Crippen molar-refractivity contribution in [1.82, 2.24) is 10.2 Å². The molecule has 32 heavy (non-hydrogen) atoms. The highest BCUT2D eigenvalue weighted by Gasteiger charge is 2.19. The van der Waals surface area contributed by atoms with E-state index in [9.17, 15) is 0 Å². The summed E-state index contributed by atoms with van der Waals surface area (Å²) in [5, 5.41) is 8.65. The van der Waals surface area contributed by atoms with Gasteiger partial charge in [-0.3, -0.25) is 4.99 Å². The molecule has 0 unspecified atom stereocenters. The summed E-state index contributed by atoms with van der Waals surface area (Å²) in [5.74, 6) is 0.189. The Morgan fingerprint density at radius 1 is 1.12 bits per heavy atom. The maximum Gasteiger partial charge on any atom is 0.248 e. The Labute approximate surface area is 202 Å². The molecule has 0 aliphatic carbocycles. The van der Waals surface area contributed by atoms with Gasteiger partial charge in [-0.2, -0.15) is 0 Å². The first kappa shape index (κ1) is 22.5. The predicted molar refractivity (Wildman–Crippen MR) is 127 cm³/mol. The van der Waals surface area contributed by atoms with Crippen molar-refractivity contribution in [3.05, 3.63) is 92.0 Å². The van der Waals surface area contributed by atoms with Gasteiger partial charge >= 0.3 is 0 Å². The molecule has 9 heteroatoms. The van der Waals surface area contributed by atoms with E-state index < -0.39 is 5.82 Å². The average Bonchev–Trinajstić information content (AvgIpc) is 3.22. The number of benzene rings is 3. The van der Waals surface area contributed by atoms with Crippen LogP contribution < -0.4 is 4.74 Å². The zero-order valence-corrected chi connectivity index (χ0v) is 19.7. The molecule has 1 heterocycles. The first-order valence-electron chi connectivity index (χ1n) is 9.39. The van der Waals surface area contributed by atoms with Gasteiger partial charge in [0.05, 0.1) is 17.0 Å². The molecule has 162 valence electrons. The van der Waals surface area contributed by atoms with Gasteiger partial charge in [0.2, 0.25) is 11.8 Å². The van der Waals surface area contributed by atoms with Gasteiger partial charge in [-0.1, -0.05) is 41.4 Å². The van der Waals surface area contributed by atoms with E-state index in [4.69, 9.17) is 32.4 Å². The Balaban J connectivity index is 1.61. The number of aliphatic imine (C=N–C) groups is 1. The molecule has 1 aromatic heterocycles. The highest BCUT2D eigenvalue weighted by atomic mass is 79.9. The third-order valence-electron chi connectivity index (χ3n) is 4.43. The quantitative estimate of drug-likeness (QED) is 0.242. The first-order valence-corrected chi connectivity index (χ1v) is 10.9. The van der Waals surface area contributed by atoms with Crippen molar-refractivity contribution in [2.24, 2.45) is 4.99 Å². The molecule has 4 aromatic rings. The van der Waals surface area contributed by atoms with Crippen LogP contribution >= 0.6 is 39.1 Å². The highest BCUT2D eigenvalue weighted by molar-refractivity contribution is 9.10. The van der Waals surface area contributed by atoms with Crippen molar-refractivity contribution >= 4 is 45.3 Å². The zero-order valence-electron chi connectivity index (χ0n) is 16.7. The van der Waals surface area contributed by atoms with Gasteiger partial charge in [0.1, 0.15) is 5.75 Å². The number of ether oxygens (including phenoxy) is 1. The number of rotatable bonds is 6. The van der Waals surface area contributed by atoms with E-state index in [1.165, 1.54) is 0 Å². The molecule has 0 bridgehead atoms. The summed E-state index contributed by atoms with van der Waals surface area (Å²) in [5.41, 5.74) is 1.76. The van der Waals surface area contributed by atoms with Crippen molar-refractivity contribution in [2.45, 2.75) is 6.42 Å². The van der Waals surface area contributed by atoms with E-state index in [2.05, 4.69) is 31.1 Å². The van der Waals surface area contributed by atoms with Gasteiger partial charge in [-0.15, -0.1) is 10.2 Å². The molecule has 5 nitrogen and oxygen atoms in total. The monoisotopic (exact) mass is 533 g/mol.